The molecule has 1 aromatic heterocycles. The third-order valence-electron chi connectivity index (χ3n) is 7.65. The van der Waals surface area contributed by atoms with Crippen LogP contribution in [0.1, 0.15) is 31.0 Å². The first-order valence-corrected chi connectivity index (χ1v) is 14.4. The van der Waals surface area contributed by atoms with Gasteiger partial charge in [0.25, 0.3) is 0 Å². The van der Waals surface area contributed by atoms with Gasteiger partial charge in [0.05, 0.1) is 6.54 Å². The number of nitrogens with one attached hydrogen (secondary N) is 3. The summed E-state index contributed by atoms with van der Waals surface area (Å²) in [4.78, 5) is 45.2. The van der Waals surface area contributed by atoms with Crippen molar-refractivity contribution in [3.8, 4) is 5.75 Å². The fraction of sp³-hybridized carbons (Fsp3) is 0.484. The lowest BCUT2D eigenvalue weighted by Crippen LogP contribution is -2.47. The highest BCUT2D eigenvalue weighted by Crippen LogP contribution is 2.29. The van der Waals surface area contributed by atoms with Crippen LogP contribution in [0.5, 0.6) is 5.75 Å². The Hall–Kier alpha value is -3.34. The van der Waals surface area contributed by atoms with Gasteiger partial charge < -0.3 is 30.5 Å². The monoisotopic (exact) mass is 634 g/mol. The Kier molecular flexibility index (Phi) is 15.3. The molecule has 0 saturated carbocycles. The number of halogens is 2. The number of benzene rings is 1. The Labute approximate surface area is 266 Å². The molecular weight excluding hydrogens is 591 g/mol. The fourth-order valence-corrected chi connectivity index (χ4v) is 5.30. The Morgan fingerprint density at radius 1 is 1.14 bits per heavy atom. The van der Waals surface area contributed by atoms with Gasteiger partial charge in [0.15, 0.2) is 0 Å². The molecule has 10 nitrogen and oxygen atoms in total. The molecule has 2 bridgehead atoms. The number of aromatic nitrogens is 1. The van der Waals surface area contributed by atoms with Gasteiger partial charge in [-0.25, -0.2) is 0 Å². The first-order valence-electron chi connectivity index (χ1n) is 14.4. The Bertz CT molecular complexity index is 1220. The molecule has 0 aliphatic carbocycles. The molecule has 3 amide bonds. The van der Waals surface area contributed by atoms with Crippen LogP contribution in [0, 0.1) is 11.8 Å². The molecule has 3 N–H and O–H groups in total. The molecule has 2 atom stereocenters. The molecule has 3 heterocycles. The number of hydrogen-bond donors (Lipinski definition) is 3. The van der Waals surface area contributed by atoms with Crippen LogP contribution in [0.25, 0.3) is 0 Å². The number of likely N-dealkylation sites (N-methyl/N-ethyl adjacent to an activating group) is 1. The smallest absolute Gasteiger partial charge is 0.236 e. The van der Waals surface area contributed by atoms with Crippen molar-refractivity contribution in [1.29, 1.82) is 0 Å². The van der Waals surface area contributed by atoms with Crippen molar-refractivity contribution in [2.24, 2.45) is 11.8 Å². The van der Waals surface area contributed by atoms with E-state index in [2.05, 4.69) is 51.1 Å². The maximum Gasteiger partial charge on any atom is 0.236 e. The molecule has 1 saturated heterocycles. The van der Waals surface area contributed by atoms with Gasteiger partial charge in [-0.3, -0.25) is 19.4 Å². The summed E-state index contributed by atoms with van der Waals surface area (Å²) in [5.41, 5.74) is 3.13. The highest BCUT2D eigenvalue weighted by Gasteiger charge is 2.31. The van der Waals surface area contributed by atoms with Gasteiger partial charge in [0.2, 0.25) is 17.7 Å². The van der Waals surface area contributed by atoms with E-state index in [0.29, 0.717) is 45.8 Å². The first-order chi connectivity index (χ1) is 19.9. The molecule has 43 heavy (non-hydrogen) atoms. The van der Waals surface area contributed by atoms with Gasteiger partial charge in [0.1, 0.15) is 12.4 Å². The van der Waals surface area contributed by atoms with Crippen LogP contribution in [0.3, 0.4) is 0 Å². The van der Waals surface area contributed by atoms with Crippen LogP contribution in [-0.2, 0) is 27.3 Å². The lowest BCUT2D eigenvalue weighted by atomic mass is 9.82. The molecule has 0 radical (unpaired) electrons. The van der Waals surface area contributed by atoms with E-state index in [1.165, 1.54) is 6.92 Å². The SMILES string of the molecule is CC(=O)NCCNC(=O)C[C@@H]1CCN2C[C@@H]1/C=C/COc1ccc(N(C)CCc3ccccn3)cc1CNCC2=O.Cl.Cl. The van der Waals surface area contributed by atoms with Gasteiger partial charge >= 0.3 is 0 Å². The number of rotatable bonds is 9. The maximum atomic E-state index is 13.1. The average molecular weight is 636 g/mol. The number of pyridine rings is 1. The summed E-state index contributed by atoms with van der Waals surface area (Å²) in [6.07, 6.45) is 7.91. The van der Waals surface area contributed by atoms with E-state index < -0.39 is 0 Å². The summed E-state index contributed by atoms with van der Waals surface area (Å²) in [5.74, 6) is 0.887. The molecule has 2 aliphatic heterocycles. The minimum Gasteiger partial charge on any atom is -0.489 e. The molecule has 1 fully saturated rings. The first kappa shape index (κ1) is 35.9. The maximum absolute atomic E-state index is 13.1. The number of anilines is 1. The fourth-order valence-electron chi connectivity index (χ4n) is 5.30. The van der Waals surface area contributed by atoms with E-state index in [1.807, 2.05) is 41.4 Å². The summed E-state index contributed by atoms with van der Waals surface area (Å²) < 4.78 is 6.16. The second kappa shape index (κ2) is 18.4. The van der Waals surface area contributed by atoms with Crippen molar-refractivity contribution < 1.29 is 19.1 Å². The number of ether oxygens (including phenoxy) is 1. The standard InChI is InChI=1S/C31H42N6O4.2ClH/c1-23(38)33-13-14-35-30(39)19-24-10-16-37-22-25(24)6-5-17-41-29-9-8-28(18-26(29)20-32-21-31(37)40)36(2)15-11-27-7-3-4-12-34-27;;/h3-9,12,18,24-25,32H,10-11,13-17,19-22H2,1-2H3,(H,33,38)(H,35,39);2*1H/b6-5+;;/t24-,25-;;/m0../s1. The van der Waals surface area contributed by atoms with Crippen molar-refractivity contribution in [1.82, 2.24) is 25.8 Å². The third-order valence-corrected chi connectivity index (χ3v) is 7.65. The molecule has 0 spiro atoms. The zero-order valence-corrected chi connectivity index (χ0v) is 26.6. The quantitative estimate of drug-likeness (QED) is 0.287. The summed E-state index contributed by atoms with van der Waals surface area (Å²) in [6, 6.07) is 12.1. The van der Waals surface area contributed by atoms with Crippen molar-refractivity contribution in [3.05, 3.63) is 66.0 Å². The Balaban J connectivity index is 0.00000323. The van der Waals surface area contributed by atoms with Crippen molar-refractivity contribution >= 4 is 48.2 Å². The number of amides is 3. The third kappa shape index (κ3) is 11.3. The molecule has 12 heteroatoms. The lowest BCUT2D eigenvalue weighted by Gasteiger charge is -2.37. The summed E-state index contributed by atoms with van der Waals surface area (Å²) >= 11 is 0. The Morgan fingerprint density at radius 3 is 2.72 bits per heavy atom. The summed E-state index contributed by atoms with van der Waals surface area (Å²) in [5, 5.41) is 8.89. The van der Waals surface area contributed by atoms with E-state index in [-0.39, 0.29) is 60.9 Å². The second-order valence-corrected chi connectivity index (χ2v) is 10.7. The van der Waals surface area contributed by atoms with Gasteiger partial charge in [-0.15, -0.1) is 24.8 Å². The minimum absolute atomic E-state index is 0. The van der Waals surface area contributed by atoms with Crippen LogP contribution in [0.2, 0.25) is 0 Å². The second-order valence-electron chi connectivity index (χ2n) is 10.7. The van der Waals surface area contributed by atoms with Crippen molar-refractivity contribution in [2.75, 3.05) is 57.8 Å². The summed E-state index contributed by atoms with van der Waals surface area (Å²) in [7, 11) is 2.07. The molecule has 1 aromatic carbocycles. The van der Waals surface area contributed by atoms with Gasteiger partial charge in [-0.1, -0.05) is 18.2 Å². The lowest BCUT2D eigenvalue weighted by molar-refractivity contribution is -0.132. The number of carbonyl (C=O) groups excluding carboxylic acids is 3. The van der Waals surface area contributed by atoms with Crippen molar-refractivity contribution in [3.63, 3.8) is 0 Å². The van der Waals surface area contributed by atoms with Gasteiger partial charge in [-0.2, -0.15) is 0 Å². The van der Waals surface area contributed by atoms with Crippen LogP contribution in [0.4, 0.5) is 5.69 Å². The predicted octanol–water partition coefficient (Wildman–Crippen LogP) is 2.75. The zero-order valence-electron chi connectivity index (χ0n) is 24.9. The molecular formula is C31H44Cl2N6O4. The van der Waals surface area contributed by atoms with E-state index >= 15 is 0 Å². The molecule has 2 aliphatic rings. The summed E-state index contributed by atoms with van der Waals surface area (Å²) in [6.45, 7) is 5.47. The van der Waals surface area contributed by atoms with Crippen LogP contribution in [0.15, 0.2) is 54.7 Å². The largest absolute Gasteiger partial charge is 0.489 e. The van der Waals surface area contributed by atoms with E-state index in [4.69, 9.17) is 4.74 Å². The molecule has 2 aromatic rings. The minimum atomic E-state index is -0.117. The zero-order chi connectivity index (χ0) is 29.0. The van der Waals surface area contributed by atoms with Crippen LogP contribution < -0.4 is 25.6 Å². The van der Waals surface area contributed by atoms with Gasteiger partial charge in [0, 0.05) is 89.2 Å². The van der Waals surface area contributed by atoms with E-state index in [1.54, 1.807) is 0 Å². The highest BCUT2D eigenvalue weighted by atomic mass is 35.5. The number of hydrogen-bond acceptors (Lipinski definition) is 7. The van der Waals surface area contributed by atoms with Crippen LogP contribution >= 0.6 is 24.8 Å². The Morgan fingerprint density at radius 2 is 1.95 bits per heavy atom. The number of fused-ring (bicyclic) bond motifs is 3. The number of piperidine rings is 1. The van der Waals surface area contributed by atoms with E-state index in [9.17, 15) is 14.4 Å². The molecule has 4 rings (SSSR count). The topological polar surface area (TPSA) is 116 Å². The number of nitrogens with zero attached hydrogens (tertiary/aromatic N) is 3. The van der Waals surface area contributed by atoms with Gasteiger partial charge in [-0.05, 0) is 48.6 Å². The average Bonchev–Trinajstić information content (AvgIpc) is 2.98. The highest BCUT2D eigenvalue weighted by molar-refractivity contribution is 5.85. The molecule has 0 unspecified atom stereocenters. The molecule has 236 valence electrons. The van der Waals surface area contributed by atoms with Crippen molar-refractivity contribution in [2.45, 2.75) is 32.7 Å². The number of carbonyl (C=O) groups is 3. The van der Waals surface area contributed by atoms with E-state index in [0.717, 1.165) is 42.1 Å². The predicted molar refractivity (Wildman–Crippen MR) is 173 cm³/mol. The van der Waals surface area contributed by atoms with Crippen LogP contribution in [-0.4, -0.2) is 80.5 Å². The normalized spacial score (nSPS) is 18.9.